The number of hydrogen-bond acceptors (Lipinski definition) is 4. The van der Waals surface area contributed by atoms with Gasteiger partial charge in [-0.1, -0.05) is 133 Å². The van der Waals surface area contributed by atoms with E-state index in [4.69, 9.17) is 4.42 Å². The maximum Gasteiger partial charge on any atom is 0.145 e. The van der Waals surface area contributed by atoms with Crippen LogP contribution in [0, 0.1) is 0 Å². The maximum atomic E-state index is 6.84. The van der Waals surface area contributed by atoms with Gasteiger partial charge in [0.15, 0.2) is 0 Å². The molecule has 7 aromatic rings. The lowest BCUT2D eigenvalue weighted by molar-refractivity contribution is 0.444. The molecule has 0 bridgehead atoms. The second kappa shape index (κ2) is 13.8. The van der Waals surface area contributed by atoms with Crippen molar-refractivity contribution < 1.29 is 4.42 Å². The Morgan fingerprint density at radius 1 is 0.519 bits per heavy atom. The number of nitrogens with zero attached hydrogens (tertiary/aromatic N) is 1. The Bertz CT molecular complexity index is 2640. The van der Waals surface area contributed by atoms with Crippen molar-refractivity contribution in [2.45, 2.75) is 37.8 Å². The van der Waals surface area contributed by atoms with Crippen LogP contribution < -0.4 is 26.2 Å². The predicted octanol–water partition coefficient (Wildman–Crippen LogP) is 10.7. The first-order valence-corrected chi connectivity index (χ1v) is 19.2. The van der Waals surface area contributed by atoms with E-state index in [1.807, 2.05) is 0 Å². The summed E-state index contributed by atoms with van der Waals surface area (Å²) in [7, 11) is 0. The van der Waals surface area contributed by atoms with Gasteiger partial charge < -0.3 is 20.0 Å². The van der Waals surface area contributed by atoms with Gasteiger partial charge in [0.1, 0.15) is 11.0 Å². The van der Waals surface area contributed by atoms with E-state index >= 15 is 0 Å². The van der Waals surface area contributed by atoms with Crippen LogP contribution in [0.25, 0.3) is 56.8 Å². The molecule has 2 heterocycles. The molecule has 0 amide bonds. The number of hydrogen-bond donors (Lipinski definition) is 2. The van der Waals surface area contributed by atoms with Crippen molar-refractivity contribution in [1.82, 2.24) is 10.6 Å². The first-order valence-electron chi connectivity index (χ1n) is 19.2. The lowest BCUT2D eigenvalue weighted by atomic mass is 9.90. The van der Waals surface area contributed by atoms with Crippen molar-refractivity contribution in [2.75, 3.05) is 4.90 Å². The molecule has 10 rings (SSSR count). The van der Waals surface area contributed by atoms with Gasteiger partial charge in [-0.15, -0.1) is 0 Å². The van der Waals surface area contributed by atoms with E-state index in [0.29, 0.717) is 6.04 Å². The molecule has 4 heteroatoms. The van der Waals surface area contributed by atoms with Crippen LogP contribution in [-0.2, 0) is 0 Å². The molecule has 2 N–H and O–H groups in total. The van der Waals surface area contributed by atoms with E-state index in [9.17, 15) is 0 Å². The molecule has 1 aliphatic heterocycles. The Morgan fingerprint density at radius 3 is 1.87 bits per heavy atom. The molecule has 1 aromatic heterocycles. The van der Waals surface area contributed by atoms with Crippen molar-refractivity contribution >= 4 is 51.6 Å². The van der Waals surface area contributed by atoms with Crippen LogP contribution in [0.5, 0.6) is 0 Å². The maximum absolute atomic E-state index is 6.84. The van der Waals surface area contributed by atoms with Gasteiger partial charge in [-0.2, -0.15) is 0 Å². The van der Waals surface area contributed by atoms with Gasteiger partial charge in [0.2, 0.25) is 0 Å². The number of nitrogens with one attached hydrogen (secondary N) is 2. The Hall–Kier alpha value is -6.52. The van der Waals surface area contributed by atoms with Crippen molar-refractivity contribution in [3.05, 3.63) is 186 Å². The second-order valence-corrected chi connectivity index (χ2v) is 14.4. The molecule has 2 aliphatic carbocycles. The minimum absolute atomic E-state index is 0.277. The SMILES string of the molecule is C1=CC2NC(c3ccccc3)=C(c3ccc(-c4ccc(N(c5ccccc5)c5ccc(-c6ccccc6)cc5)c5c6c(oc45)=CCCC=6)cc3)NC2CC1. The van der Waals surface area contributed by atoms with Gasteiger partial charge in [0.05, 0.1) is 34.6 Å². The third-order valence-electron chi connectivity index (χ3n) is 11.1. The van der Waals surface area contributed by atoms with Crippen LogP contribution in [0.2, 0.25) is 0 Å². The average Bonchev–Trinajstić information content (AvgIpc) is 3.65. The van der Waals surface area contributed by atoms with Crippen molar-refractivity contribution in [2.24, 2.45) is 0 Å². The number of para-hydroxylation sites is 1. The summed E-state index contributed by atoms with van der Waals surface area (Å²) in [5, 5.41) is 10.1. The van der Waals surface area contributed by atoms with E-state index in [1.165, 1.54) is 27.5 Å². The molecule has 0 spiro atoms. The number of rotatable bonds is 7. The van der Waals surface area contributed by atoms with Crippen LogP contribution >= 0.6 is 0 Å². The lowest BCUT2D eigenvalue weighted by Gasteiger charge is -2.38. The molecule has 0 saturated carbocycles. The first kappa shape index (κ1) is 32.2. The van der Waals surface area contributed by atoms with Crippen LogP contribution in [0.1, 0.15) is 36.8 Å². The van der Waals surface area contributed by atoms with E-state index in [-0.39, 0.29) is 6.04 Å². The molecule has 0 saturated heterocycles. The zero-order chi connectivity index (χ0) is 35.8. The molecular formula is C50H41N3O. The standard InChI is InChI=1S/C50H41N3O/c1-4-14-34(15-5-1)35-28-30-40(31-29-35)53(39-18-8-3-9-19-39)45-33-32-41(50-47(45)42-20-10-13-23-46(42)54-50)36-24-26-38(27-25-36)49-48(37-16-6-2-7-17-37)51-43-21-11-12-22-44(43)52-49/h1-9,11,14-21,23-33,43-44,51-52H,10,12-13,22H2. The van der Waals surface area contributed by atoms with E-state index in [0.717, 1.165) is 81.7 Å². The number of fused-ring (bicyclic) bond motifs is 4. The zero-order valence-electron chi connectivity index (χ0n) is 30.1. The van der Waals surface area contributed by atoms with E-state index < -0.39 is 0 Å². The molecule has 6 aromatic carbocycles. The molecule has 0 fully saturated rings. The fraction of sp³-hybridized carbons (Fsp3) is 0.120. The van der Waals surface area contributed by atoms with Gasteiger partial charge in [-0.3, -0.25) is 0 Å². The topological polar surface area (TPSA) is 40.4 Å². The highest BCUT2D eigenvalue weighted by Crippen LogP contribution is 2.42. The monoisotopic (exact) mass is 699 g/mol. The van der Waals surface area contributed by atoms with Crippen molar-refractivity contribution in [3.8, 4) is 22.3 Å². The average molecular weight is 700 g/mol. The Kier molecular flexibility index (Phi) is 8.21. The number of benzene rings is 6. The molecule has 4 nitrogen and oxygen atoms in total. The van der Waals surface area contributed by atoms with Crippen LogP contribution in [0.4, 0.5) is 17.1 Å². The minimum atomic E-state index is 0.277. The fourth-order valence-corrected chi connectivity index (χ4v) is 8.39. The Labute approximate surface area is 316 Å². The molecule has 54 heavy (non-hydrogen) atoms. The van der Waals surface area contributed by atoms with Gasteiger partial charge >= 0.3 is 0 Å². The zero-order valence-corrected chi connectivity index (χ0v) is 30.1. The highest BCUT2D eigenvalue weighted by Gasteiger charge is 2.30. The predicted molar refractivity (Wildman–Crippen MR) is 225 cm³/mol. The lowest BCUT2D eigenvalue weighted by Crippen LogP contribution is -2.51. The van der Waals surface area contributed by atoms with Gasteiger partial charge in [-0.25, -0.2) is 0 Å². The summed E-state index contributed by atoms with van der Waals surface area (Å²) in [6.45, 7) is 0. The second-order valence-electron chi connectivity index (χ2n) is 14.4. The summed E-state index contributed by atoms with van der Waals surface area (Å²) in [6.07, 6.45) is 13.4. The number of furan rings is 1. The first-order chi connectivity index (χ1) is 26.8. The largest absolute Gasteiger partial charge is 0.456 e. The molecular weight excluding hydrogens is 659 g/mol. The summed E-state index contributed by atoms with van der Waals surface area (Å²) in [5.74, 6) is 0. The van der Waals surface area contributed by atoms with Crippen LogP contribution in [-0.4, -0.2) is 12.1 Å². The smallest absolute Gasteiger partial charge is 0.145 e. The number of allylic oxidation sites excluding steroid dienone is 1. The molecule has 3 aliphatic rings. The number of anilines is 3. The molecule has 0 radical (unpaired) electrons. The highest BCUT2D eigenvalue weighted by molar-refractivity contribution is 6.04. The normalized spacial score (nSPS) is 17.4. The van der Waals surface area contributed by atoms with Crippen LogP contribution in [0.3, 0.4) is 0 Å². The minimum Gasteiger partial charge on any atom is -0.456 e. The molecule has 262 valence electrons. The van der Waals surface area contributed by atoms with Gasteiger partial charge in [0, 0.05) is 22.2 Å². The van der Waals surface area contributed by atoms with E-state index in [2.05, 4.69) is 191 Å². The summed E-state index contributed by atoms with van der Waals surface area (Å²) >= 11 is 0. The van der Waals surface area contributed by atoms with Crippen molar-refractivity contribution in [1.29, 1.82) is 0 Å². The third kappa shape index (κ3) is 5.81. The molecule has 2 unspecified atom stereocenters. The Morgan fingerprint density at radius 2 is 1.11 bits per heavy atom. The molecule has 2 atom stereocenters. The summed E-state index contributed by atoms with van der Waals surface area (Å²) in [6, 6.07) is 55.0. The summed E-state index contributed by atoms with van der Waals surface area (Å²) in [4.78, 5) is 2.37. The quantitative estimate of drug-likeness (QED) is 0.163. The van der Waals surface area contributed by atoms with Crippen molar-refractivity contribution in [3.63, 3.8) is 0 Å². The Balaban J connectivity index is 1.09. The highest BCUT2D eigenvalue weighted by atomic mass is 16.3. The fourth-order valence-electron chi connectivity index (χ4n) is 8.39. The summed E-state index contributed by atoms with van der Waals surface area (Å²) in [5.41, 5.74) is 14.5. The van der Waals surface area contributed by atoms with E-state index in [1.54, 1.807) is 0 Å². The van der Waals surface area contributed by atoms with Gasteiger partial charge in [-0.05, 0) is 96.0 Å². The third-order valence-corrected chi connectivity index (χ3v) is 11.1. The summed E-state index contributed by atoms with van der Waals surface area (Å²) < 4.78 is 6.84. The van der Waals surface area contributed by atoms with Gasteiger partial charge in [0.25, 0.3) is 0 Å². The van der Waals surface area contributed by atoms with Crippen LogP contribution in [0.15, 0.2) is 168 Å².